The van der Waals surface area contributed by atoms with Crippen molar-refractivity contribution in [2.24, 2.45) is 7.05 Å². The fraction of sp³-hybridized carbons (Fsp3) is 0.565. The van der Waals surface area contributed by atoms with Gasteiger partial charge in [-0.25, -0.2) is 14.0 Å². The Bertz CT molecular complexity index is 1180. The van der Waals surface area contributed by atoms with Gasteiger partial charge in [-0.15, -0.1) is 0 Å². The van der Waals surface area contributed by atoms with E-state index in [0.717, 1.165) is 0 Å². The molecule has 178 valence electrons. The van der Waals surface area contributed by atoms with Gasteiger partial charge in [0.1, 0.15) is 17.2 Å². The number of fused-ring (bicyclic) bond motifs is 1. The molecule has 1 N–H and O–H groups in total. The van der Waals surface area contributed by atoms with Gasteiger partial charge in [-0.1, -0.05) is 6.07 Å². The van der Waals surface area contributed by atoms with E-state index >= 15 is 4.39 Å². The van der Waals surface area contributed by atoms with Crippen LogP contribution in [0.15, 0.2) is 16.9 Å². The quantitative estimate of drug-likeness (QED) is 0.694. The molecule has 33 heavy (non-hydrogen) atoms. The Labute approximate surface area is 190 Å². The maximum Gasteiger partial charge on any atom is 0.410 e. The number of benzene rings is 1. The van der Waals surface area contributed by atoms with Gasteiger partial charge in [-0.05, 0) is 57.6 Å². The van der Waals surface area contributed by atoms with E-state index in [4.69, 9.17) is 4.74 Å². The van der Waals surface area contributed by atoms with Crippen LogP contribution in [0, 0.1) is 5.82 Å². The molecule has 1 atom stereocenters. The van der Waals surface area contributed by atoms with Gasteiger partial charge in [-0.2, -0.15) is 0 Å². The summed E-state index contributed by atoms with van der Waals surface area (Å²) in [6.07, 6.45) is 1.08. The number of hydrogen-bond acceptors (Lipinski definition) is 5. The fourth-order valence-electron chi connectivity index (χ4n) is 4.69. The zero-order chi connectivity index (χ0) is 24.1. The average Bonchev–Trinajstić information content (AvgIpc) is 2.98. The summed E-state index contributed by atoms with van der Waals surface area (Å²) in [6.45, 7) is 6.34. The number of hydrogen-bond donors (Lipinski definition) is 1. The minimum atomic E-state index is -0.860. The van der Waals surface area contributed by atoms with Gasteiger partial charge in [0.15, 0.2) is 5.82 Å². The number of halogens is 1. The van der Waals surface area contributed by atoms with E-state index in [0.29, 0.717) is 37.0 Å². The van der Waals surface area contributed by atoms with Crippen molar-refractivity contribution in [2.45, 2.75) is 64.0 Å². The molecule has 0 bridgehead atoms. The summed E-state index contributed by atoms with van der Waals surface area (Å²) in [6, 6.07) is 2.47. The molecule has 9 nitrogen and oxygen atoms in total. The first kappa shape index (κ1) is 23.0. The van der Waals surface area contributed by atoms with Crippen LogP contribution < -0.4 is 11.0 Å². The molecule has 0 saturated carbocycles. The molecular weight excluding hydrogens is 431 g/mol. The largest absolute Gasteiger partial charge is 0.444 e. The van der Waals surface area contributed by atoms with Crippen molar-refractivity contribution in [1.82, 2.24) is 19.4 Å². The number of nitrogens with zero attached hydrogens (tertiary/aromatic N) is 3. The van der Waals surface area contributed by atoms with Crippen LogP contribution in [-0.2, 0) is 21.4 Å². The van der Waals surface area contributed by atoms with Gasteiger partial charge >= 0.3 is 11.8 Å². The second kappa shape index (κ2) is 8.31. The highest BCUT2D eigenvalue weighted by Gasteiger charge is 2.33. The number of aromatic nitrogens is 2. The molecule has 4 rings (SSSR count). The number of carbonyl (C=O) groups is 3. The van der Waals surface area contributed by atoms with E-state index in [1.807, 2.05) is 20.8 Å². The van der Waals surface area contributed by atoms with Crippen LogP contribution >= 0.6 is 0 Å². The van der Waals surface area contributed by atoms with E-state index in [2.05, 4.69) is 5.32 Å². The molecule has 10 heteroatoms. The Morgan fingerprint density at radius 3 is 2.39 bits per heavy atom. The number of likely N-dealkylation sites (tertiary alicyclic amines) is 1. The molecule has 0 spiro atoms. The number of carbonyl (C=O) groups excluding carboxylic acids is 3. The lowest BCUT2D eigenvalue weighted by Gasteiger charge is -2.33. The third-order valence-corrected chi connectivity index (χ3v) is 6.32. The Hall–Kier alpha value is -3.17. The molecule has 2 aliphatic heterocycles. The summed E-state index contributed by atoms with van der Waals surface area (Å²) in [5, 5.41) is 2.25. The minimum Gasteiger partial charge on any atom is -0.444 e. The van der Waals surface area contributed by atoms with Gasteiger partial charge < -0.3 is 9.64 Å². The Morgan fingerprint density at radius 1 is 1.12 bits per heavy atom. The van der Waals surface area contributed by atoms with Crippen molar-refractivity contribution in [3.63, 3.8) is 0 Å². The SMILES string of the molecule is Cn1c(=O)n(C2CCC(=O)NC2=O)c2ccc(C3CCN(C(=O)OC(C)(C)C)CC3)c(F)c21. The fourth-order valence-corrected chi connectivity index (χ4v) is 4.69. The third-order valence-electron chi connectivity index (χ3n) is 6.32. The summed E-state index contributed by atoms with van der Waals surface area (Å²) in [4.78, 5) is 50.7. The van der Waals surface area contributed by atoms with Crippen LogP contribution in [-0.4, -0.2) is 50.6 Å². The van der Waals surface area contributed by atoms with Crippen LogP contribution in [0.25, 0.3) is 11.0 Å². The van der Waals surface area contributed by atoms with Gasteiger partial charge in [0, 0.05) is 26.6 Å². The minimum absolute atomic E-state index is 0.109. The molecule has 0 aliphatic carbocycles. The van der Waals surface area contributed by atoms with Crippen LogP contribution in [0.5, 0.6) is 0 Å². The van der Waals surface area contributed by atoms with E-state index in [1.54, 1.807) is 17.0 Å². The average molecular weight is 461 g/mol. The standard InChI is InChI=1S/C23H29FN4O5/c1-23(2,3)33-22(32)27-11-9-13(10-12-27)14-5-6-15-19(18(14)24)26(4)21(31)28(15)16-7-8-17(29)25-20(16)30/h5-6,13,16H,7-12H2,1-4H3,(H,25,29,30). The lowest BCUT2D eigenvalue weighted by molar-refractivity contribution is -0.135. The van der Waals surface area contributed by atoms with E-state index in [9.17, 15) is 19.2 Å². The highest BCUT2D eigenvalue weighted by Crippen LogP contribution is 2.34. The number of aryl methyl sites for hydroxylation is 1. The summed E-state index contributed by atoms with van der Waals surface area (Å²) in [5.41, 5.74) is -0.134. The number of ether oxygens (including phenoxy) is 1. The summed E-state index contributed by atoms with van der Waals surface area (Å²) < 4.78 is 23.6. The molecule has 1 aromatic carbocycles. The maximum atomic E-state index is 15.7. The first-order valence-electron chi connectivity index (χ1n) is 11.2. The molecule has 3 amide bonds. The Balaban J connectivity index is 1.60. The zero-order valence-electron chi connectivity index (χ0n) is 19.3. The molecule has 3 heterocycles. The number of rotatable bonds is 2. The Morgan fingerprint density at radius 2 is 1.79 bits per heavy atom. The molecular formula is C23H29FN4O5. The van der Waals surface area contributed by atoms with Crippen LogP contribution in [0.3, 0.4) is 0 Å². The highest BCUT2D eigenvalue weighted by atomic mass is 19.1. The van der Waals surface area contributed by atoms with Crippen molar-refractivity contribution in [3.05, 3.63) is 34.0 Å². The lowest BCUT2D eigenvalue weighted by Crippen LogP contribution is -2.44. The number of amides is 3. The van der Waals surface area contributed by atoms with Crippen molar-refractivity contribution in [2.75, 3.05) is 13.1 Å². The molecule has 2 aliphatic rings. The van der Waals surface area contributed by atoms with E-state index in [-0.39, 0.29) is 36.3 Å². The second-order valence-corrected chi connectivity index (χ2v) is 9.76. The van der Waals surface area contributed by atoms with E-state index in [1.165, 1.54) is 16.2 Å². The lowest BCUT2D eigenvalue weighted by atomic mass is 9.89. The van der Waals surface area contributed by atoms with Gasteiger partial charge in [0.05, 0.1) is 5.52 Å². The molecule has 2 fully saturated rings. The molecule has 2 aromatic rings. The molecule has 1 unspecified atom stereocenters. The van der Waals surface area contributed by atoms with Crippen molar-refractivity contribution >= 4 is 28.9 Å². The van der Waals surface area contributed by atoms with Crippen molar-refractivity contribution < 1.29 is 23.5 Å². The first-order valence-corrected chi connectivity index (χ1v) is 11.2. The zero-order valence-corrected chi connectivity index (χ0v) is 19.3. The topological polar surface area (TPSA) is 103 Å². The summed E-state index contributed by atoms with van der Waals surface area (Å²) in [7, 11) is 1.48. The first-order chi connectivity index (χ1) is 15.5. The summed E-state index contributed by atoms with van der Waals surface area (Å²) >= 11 is 0. The smallest absolute Gasteiger partial charge is 0.410 e. The monoisotopic (exact) mass is 460 g/mol. The molecule has 0 radical (unpaired) electrons. The predicted molar refractivity (Wildman–Crippen MR) is 118 cm³/mol. The number of imidazole rings is 1. The summed E-state index contributed by atoms with van der Waals surface area (Å²) in [5.74, 6) is -1.54. The maximum absolute atomic E-state index is 15.7. The van der Waals surface area contributed by atoms with E-state index < -0.39 is 29.1 Å². The second-order valence-electron chi connectivity index (χ2n) is 9.76. The van der Waals surface area contributed by atoms with Gasteiger partial charge in [0.2, 0.25) is 11.8 Å². The normalized spacial score (nSPS) is 20.3. The van der Waals surface area contributed by atoms with Crippen LogP contribution in [0.4, 0.5) is 9.18 Å². The Kier molecular flexibility index (Phi) is 5.79. The van der Waals surface area contributed by atoms with Crippen molar-refractivity contribution in [3.8, 4) is 0 Å². The number of imide groups is 1. The highest BCUT2D eigenvalue weighted by molar-refractivity contribution is 6.00. The van der Waals surface area contributed by atoms with Crippen molar-refractivity contribution in [1.29, 1.82) is 0 Å². The van der Waals surface area contributed by atoms with Gasteiger partial charge in [0.25, 0.3) is 0 Å². The van der Waals surface area contributed by atoms with Crippen LogP contribution in [0.2, 0.25) is 0 Å². The molecule has 1 aromatic heterocycles. The number of nitrogens with one attached hydrogen (secondary N) is 1. The third kappa shape index (κ3) is 4.26. The van der Waals surface area contributed by atoms with Gasteiger partial charge in [-0.3, -0.25) is 24.0 Å². The molecule has 2 saturated heterocycles. The number of piperidine rings is 2. The van der Waals surface area contributed by atoms with Crippen LogP contribution in [0.1, 0.15) is 64.0 Å². The predicted octanol–water partition coefficient (Wildman–Crippen LogP) is 2.57.